The van der Waals surface area contributed by atoms with Crippen molar-refractivity contribution in [3.63, 3.8) is 0 Å². The minimum atomic E-state index is -0.0167. The number of fused-ring (bicyclic) bond motifs is 1. The van der Waals surface area contributed by atoms with E-state index in [1.165, 1.54) is 11.3 Å². The van der Waals surface area contributed by atoms with E-state index in [0.29, 0.717) is 12.1 Å². The van der Waals surface area contributed by atoms with Gasteiger partial charge in [-0.05, 0) is 35.0 Å². The van der Waals surface area contributed by atoms with Crippen molar-refractivity contribution < 1.29 is 4.79 Å². The van der Waals surface area contributed by atoms with Gasteiger partial charge < -0.3 is 0 Å². The molecule has 1 aromatic carbocycles. The Hall–Kier alpha value is -1.59. The Morgan fingerprint density at radius 1 is 1.30 bits per heavy atom. The lowest BCUT2D eigenvalue weighted by atomic mass is 10.1. The first-order valence-corrected chi connectivity index (χ1v) is 7.80. The van der Waals surface area contributed by atoms with E-state index in [1.807, 2.05) is 42.6 Å². The van der Waals surface area contributed by atoms with Gasteiger partial charge in [-0.1, -0.05) is 18.2 Å². The second-order valence-corrected chi connectivity index (χ2v) is 6.29. The van der Waals surface area contributed by atoms with Gasteiger partial charge >= 0.3 is 0 Å². The van der Waals surface area contributed by atoms with Crippen molar-refractivity contribution in [2.45, 2.75) is 13.3 Å². The van der Waals surface area contributed by atoms with Crippen LogP contribution in [0.15, 0.2) is 40.2 Å². The molecule has 0 N–H and O–H groups in total. The van der Waals surface area contributed by atoms with Gasteiger partial charge in [0.15, 0.2) is 5.78 Å². The third-order valence-corrected chi connectivity index (χ3v) is 4.49. The van der Waals surface area contributed by atoms with Crippen molar-refractivity contribution in [3.8, 4) is 0 Å². The highest BCUT2D eigenvalue weighted by molar-refractivity contribution is 9.10. The predicted octanol–water partition coefficient (Wildman–Crippen LogP) is 4.19. The van der Waals surface area contributed by atoms with Crippen LogP contribution in [0.2, 0.25) is 0 Å². The monoisotopic (exact) mass is 346 g/mol. The van der Waals surface area contributed by atoms with E-state index < -0.39 is 0 Å². The van der Waals surface area contributed by atoms with Crippen molar-refractivity contribution in [2.75, 3.05) is 0 Å². The number of benzene rings is 1. The molecule has 0 fully saturated rings. The van der Waals surface area contributed by atoms with Crippen LogP contribution in [0, 0.1) is 6.92 Å². The SMILES string of the molecule is Cc1csc(CC(=O)c2nc3ccccc3cc2Br)n1. The standard InChI is InChI=1S/C15H11BrN2OS/c1-9-8-20-14(17-9)7-13(19)15-11(16)6-10-4-2-3-5-12(10)18-15/h2-6,8H,7H2,1H3. The van der Waals surface area contributed by atoms with Crippen LogP contribution in [-0.2, 0) is 6.42 Å². The molecule has 0 aliphatic heterocycles. The molecule has 2 heterocycles. The van der Waals surface area contributed by atoms with Gasteiger partial charge in [0.1, 0.15) is 10.7 Å². The zero-order valence-corrected chi connectivity index (χ0v) is 13.2. The summed E-state index contributed by atoms with van der Waals surface area (Å²) in [5.41, 5.74) is 2.24. The molecule has 0 aliphatic carbocycles. The molecule has 0 radical (unpaired) electrons. The largest absolute Gasteiger partial charge is 0.292 e. The minimum absolute atomic E-state index is 0.0167. The van der Waals surface area contributed by atoms with Crippen molar-refractivity contribution in [1.29, 1.82) is 0 Å². The number of pyridine rings is 1. The molecule has 20 heavy (non-hydrogen) atoms. The number of aromatic nitrogens is 2. The molecule has 3 nitrogen and oxygen atoms in total. The number of ketones is 1. The normalized spacial score (nSPS) is 10.9. The molecule has 2 aromatic heterocycles. The van der Waals surface area contributed by atoms with Crippen LogP contribution in [0.5, 0.6) is 0 Å². The number of hydrogen-bond acceptors (Lipinski definition) is 4. The summed E-state index contributed by atoms with van der Waals surface area (Å²) in [6, 6.07) is 9.69. The summed E-state index contributed by atoms with van der Waals surface area (Å²) < 4.78 is 0.731. The minimum Gasteiger partial charge on any atom is -0.292 e. The molecule has 0 saturated heterocycles. The lowest BCUT2D eigenvalue weighted by Crippen LogP contribution is -2.07. The molecule has 0 unspecified atom stereocenters. The maximum Gasteiger partial charge on any atom is 0.189 e. The number of aryl methyl sites for hydroxylation is 1. The highest BCUT2D eigenvalue weighted by Gasteiger charge is 2.15. The van der Waals surface area contributed by atoms with Gasteiger partial charge in [0.05, 0.1) is 11.9 Å². The lowest BCUT2D eigenvalue weighted by Gasteiger charge is -2.04. The van der Waals surface area contributed by atoms with Gasteiger partial charge in [-0.15, -0.1) is 11.3 Å². The van der Waals surface area contributed by atoms with Crippen molar-refractivity contribution in [1.82, 2.24) is 9.97 Å². The summed E-state index contributed by atoms with van der Waals surface area (Å²) in [5.74, 6) is -0.0167. The molecule has 0 bridgehead atoms. The van der Waals surface area contributed by atoms with Gasteiger partial charge in [-0.2, -0.15) is 0 Å². The Morgan fingerprint density at radius 2 is 2.10 bits per heavy atom. The van der Waals surface area contributed by atoms with Gasteiger partial charge in [-0.25, -0.2) is 9.97 Å². The summed E-state index contributed by atoms with van der Waals surface area (Å²) in [6.45, 7) is 1.93. The molecular weight excluding hydrogens is 336 g/mol. The molecule has 3 rings (SSSR count). The van der Waals surface area contributed by atoms with E-state index >= 15 is 0 Å². The molecular formula is C15H11BrN2OS. The topological polar surface area (TPSA) is 42.9 Å². The highest BCUT2D eigenvalue weighted by atomic mass is 79.9. The molecule has 0 spiro atoms. The van der Waals surface area contributed by atoms with Crippen LogP contribution >= 0.6 is 27.3 Å². The first-order chi connectivity index (χ1) is 9.63. The summed E-state index contributed by atoms with van der Waals surface area (Å²) in [4.78, 5) is 21.1. The van der Waals surface area contributed by atoms with Crippen LogP contribution in [0.25, 0.3) is 10.9 Å². The summed E-state index contributed by atoms with van der Waals surface area (Å²) in [6.07, 6.45) is 0.294. The molecule has 0 atom stereocenters. The maximum atomic E-state index is 12.4. The van der Waals surface area contributed by atoms with Gasteiger partial charge in [0, 0.05) is 20.9 Å². The van der Waals surface area contributed by atoms with Gasteiger partial charge in [0.2, 0.25) is 0 Å². The number of rotatable bonds is 3. The van der Waals surface area contributed by atoms with Crippen LogP contribution in [0.3, 0.4) is 0 Å². The first-order valence-electron chi connectivity index (χ1n) is 6.13. The summed E-state index contributed by atoms with van der Waals surface area (Å²) in [7, 11) is 0. The zero-order valence-electron chi connectivity index (χ0n) is 10.8. The fourth-order valence-corrected chi connectivity index (χ4v) is 3.32. The van der Waals surface area contributed by atoms with Crippen molar-refractivity contribution in [3.05, 3.63) is 56.6 Å². The zero-order chi connectivity index (χ0) is 14.1. The van der Waals surface area contributed by atoms with E-state index in [-0.39, 0.29) is 5.78 Å². The van der Waals surface area contributed by atoms with Crippen LogP contribution in [0.1, 0.15) is 21.2 Å². The molecule has 0 aliphatic rings. The second kappa shape index (κ2) is 5.42. The van der Waals surface area contributed by atoms with Crippen LogP contribution in [0.4, 0.5) is 0 Å². The summed E-state index contributed by atoms with van der Waals surface area (Å²) >= 11 is 4.94. The Balaban J connectivity index is 1.96. The fraction of sp³-hybridized carbons (Fsp3) is 0.133. The number of carbonyl (C=O) groups excluding carboxylic acids is 1. The quantitative estimate of drug-likeness (QED) is 0.668. The van der Waals surface area contributed by atoms with E-state index in [9.17, 15) is 4.79 Å². The van der Waals surface area contributed by atoms with Gasteiger partial charge in [0.25, 0.3) is 0 Å². The Labute approximate surface area is 128 Å². The van der Waals surface area contributed by atoms with Crippen LogP contribution in [-0.4, -0.2) is 15.8 Å². The predicted molar refractivity (Wildman–Crippen MR) is 84.3 cm³/mol. The second-order valence-electron chi connectivity index (χ2n) is 4.49. The number of hydrogen-bond donors (Lipinski definition) is 0. The number of para-hydroxylation sites is 1. The Morgan fingerprint density at radius 3 is 2.85 bits per heavy atom. The highest BCUT2D eigenvalue weighted by Crippen LogP contribution is 2.23. The lowest BCUT2D eigenvalue weighted by molar-refractivity contribution is 0.0987. The third-order valence-electron chi connectivity index (χ3n) is 2.92. The average molecular weight is 347 g/mol. The number of nitrogens with zero attached hydrogens (tertiary/aromatic N) is 2. The van der Waals surface area contributed by atoms with Crippen LogP contribution < -0.4 is 0 Å². The van der Waals surface area contributed by atoms with E-state index in [1.54, 1.807) is 0 Å². The van der Waals surface area contributed by atoms with Crippen molar-refractivity contribution >= 4 is 44.0 Å². The smallest absolute Gasteiger partial charge is 0.189 e. The number of carbonyl (C=O) groups is 1. The van der Waals surface area contributed by atoms with Gasteiger partial charge in [-0.3, -0.25) is 4.79 Å². The van der Waals surface area contributed by atoms with E-state index in [0.717, 1.165) is 26.1 Å². The molecule has 100 valence electrons. The molecule has 0 saturated carbocycles. The average Bonchev–Trinajstić information content (AvgIpc) is 2.83. The molecule has 0 amide bonds. The maximum absolute atomic E-state index is 12.4. The Kier molecular flexibility index (Phi) is 3.63. The Bertz CT molecular complexity index is 797. The van der Waals surface area contributed by atoms with E-state index in [2.05, 4.69) is 25.9 Å². The molecule has 3 aromatic rings. The number of halogens is 1. The number of Topliss-reactive ketones (excluding diaryl/α,β-unsaturated/α-hetero) is 1. The number of thiazole rings is 1. The first kappa shape index (κ1) is 13.4. The van der Waals surface area contributed by atoms with Crippen molar-refractivity contribution in [2.24, 2.45) is 0 Å². The molecule has 5 heteroatoms. The fourth-order valence-electron chi connectivity index (χ4n) is 1.99. The van der Waals surface area contributed by atoms with E-state index in [4.69, 9.17) is 0 Å². The summed E-state index contributed by atoms with van der Waals surface area (Å²) in [5, 5.41) is 3.79. The third kappa shape index (κ3) is 2.64.